The van der Waals surface area contributed by atoms with Gasteiger partial charge in [-0.05, 0) is 30.9 Å². The summed E-state index contributed by atoms with van der Waals surface area (Å²) in [4.78, 5) is 11.9. The molecule has 0 bridgehead atoms. The van der Waals surface area contributed by atoms with E-state index in [2.05, 4.69) is 11.4 Å². The number of benzene rings is 1. The molecule has 0 fully saturated rings. The lowest BCUT2D eigenvalue weighted by Gasteiger charge is -2.14. The molecule has 1 N–H and O–H groups in total. The molecule has 1 aromatic carbocycles. The summed E-state index contributed by atoms with van der Waals surface area (Å²) in [5, 5.41) is 16.3. The number of nitro benzene ring substituents is 1. The molecule has 0 saturated heterocycles. The Kier molecular flexibility index (Phi) is 4.29. The number of rotatable bonds is 5. The molecule has 0 spiro atoms. The molecule has 100 valence electrons. The Balaban J connectivity index is 2.08. The van der Waals surface area contributed by atoms with E-state index in [9.17, 15) is 10.1 Å². The van der Waals surface area contributed by atoms with Gasteiger partial charge in [0.05, 0.1) is 4.92 Å². The van der Waals surface area contributed by atoms with Crippen LogP contribution in [0, 0.1) is 17.0 Å². The first kappa shape index (κ1) is 13.7. The van der Waals surface area contributed by atoms with Gasteiger partial charge in [0, 0.05) is 29.1 Å². The highest BCUT2D eigenvalue weighted by Gasteiger charge is 2.14. The van der Waals surface area contributed by atoms with E-state index >= 15 is 0 Å². The maximum atomic E-state index is 10.9. The minimum Gasteiger partial charge on any atom is -0.305 e. The molecule has 0 aliphatic heterocycles. The van der Waals surface area contributed by atoms with E-state index < -0.39 is 0 Å². The van der Waals surface area contributed by atoms with Gasteiger partial charge < -0.3 is 5.32 Å². The molecule has 0 aliphatic carbocycles. The lowest BCUT2D eigenvalue weighted by atomic mass is 10.0. The fourth-order valence-corrected chi connectivity index (χ4v) is 2.53. The number of nitrogens with one attached hydrogen (secondary N) is 1. The second-order valence-corrected chi connectivity index (χ2v) is 5.52. The van der Waals surface area contributed by atoms with Gasteiger partial charge in [-0.25, -0.2) is 0 Å². The van der Waals surface area contributed by atoms with Crippen molar-refractivity contribution in [2.24, 2.45) is 0 Å². The van der Waals surface area contributed by atoms with E-state index in [4.69, 9.17) is 0 Å². The third kappa shape index (κ3) is 3.39. The van der Waals surface area contributed by atoms with Crippen LogP contribution in [0.4, 0.5) is 5.69 Å². The zero-order valence-corrected chi connectivity index (χ0v) is 11.7. The first-order valence-electron chi connectivity index (χ1n) is 6.08. The summed E-state index contributed by atoms with van der Waals surface area (Å²) in [5.74, 6) is 0. The standard InChI is InChI=1S/C14H16N2O2S/c1-10-5-6-12(8-14(10)16(17)18)11(2)15-9-13-4-3-7-19-13/h3-8,11,15H,9H2,1-2H3. The van der Waals surface area contributed by atoms with Crippen molar-refractivity contribution in [3.05, 3.63) is 61.8 Å². The van der Waals surface area contributed by atoms with Crippen LogP contribution in [0.5, 0.6) is 0 Å². The highest BCUT2D eigenvalue weighted by atomic mass is 32.1. The van der Waals surface area contributed by atoms with Crippen LogP contribution in [0.3, 0.4) is 0 Å². The number of aryl methyl sites for hydroxylation is 1. The monoisotopic (exact) mass is 276 g/mol. The minimum absolute atomic E-state index is 0.0846. The largest absolute Gasteiger partial charge is 0.305 e. The van der Waals surface area contributed by atoms with Gasteiger partial charge in [0.15, 0.2) is 0 Å². The summed E-state index contributed by atoms with van der Waals surface area (Å²) in [5.41, 5.74) is 1.82. The molecule has 1 heterocycles. The molecule has 4 nitrogen and oxygen atoms in total. The summed E-state index contributed by atoms with van der Waals surface area (Å²) in [6.07, 6.45) is 0. The first-order chi connectivity index (χ1) is 9.08. The van der Waals surface area contributed by atoms with Gasteiger partial charge in [0.2, 0.25) is 0 Å². The van der Waals surface area contributed by atoms with E-state index in [1.165, 1.54) is 4.88 Å². The van der Waals surface area contributed by atoms with E-state index in [0.29, 0.717) is 5.56 Å². The SMILES string of the molecule is Cc1ccc(C(C)NCc2cccs2)cc1[N+](=O)[O-]. The molecular formula is C14H16N2O2S. The van der Waals surface area contributed by atoms with Crippen molar-refractivity contribution in [2.45, 2.75) is 26.4 Å². The Morgan fingerprint density at radius 1 is 1.42 bits per heavy atom. The molecule has 5 heteroatoms. The molecule has 0 aliphatic rings. The maximum Gasteiger partial charge on any atom is 0.272 e. The number of hydrogen-bond donors (Lipinski definition) is 1. The summed E-state index contributed by atoms with van der Waals surface area (Å²) in [7, 11) is 0. The molecule has 0 amide bonds. The Morgan fingerprint density at radius 2 is 2.21 bits per heavy atom. The predicted octanol–water partition coefficient (Wildman–Crippen LogP) is 3.82. The van der Waals surface area contributed by atoms with Crippen molar-refractivity contribution in [2.75, 3.05) is 0 Å². The molecule has 2 rings (SSSR count). The van der Waals surface area contributed by atoms with Gasteiger partial charge in [-0.1, -0.05) is 18.2 Å². The van der Waals surface area contributed by atoms with Gasteiger partial charge in [0.25, 0.3) is 5.69 Å². The molecule has 1 atom stereocenters. The van der Waals surface area contributed by atoms with Crippen LogP contribution >= 0.6 is 11.3 Å². The maximum absolute atomic E-state index is 10.9. The summed E-state index contributed by atoms with van der Waals surface area (Å²) in [6, 6.07) is 9.57. The fourth-order valence-electron chi connectivity index (χ4n) is 1.88. The van der Waals surface area contributed by atoms with Crippen LogP contribution in [0.25, 0.3) is 0 Å². The van der Waals surface area contributed by atoms with Crippen LogP contribution < -0.4 is 5.32 Å². The number of nitro groups is 1. The Labute approximate surface area is 116 Å². The van der Waals surface area contributed by atoms with Crippen LogP contribution in [-0.4, -0.2) is 4.92 Å². The Morgan fingerprint density at radius 3 is 2.84 bits per heavy atom. The van der Waals surface area contributed by atoms with E-state index in [1.807, 2.05) is 24.4 Å². The summed E-state index contributed by atoms with van der Waals surface area (Å²) >= 11 is 1.70. The lowest BCUT2D eigenvalue weighted by Crippen LogP contribution is -2.17. The first-order valence-corrected chi connectivity index (χ1v) is 6.96. The normalized spacial score (nSPS) is 12.3. The average molecular weight is 276 g/mol. The van der Waals surface area contributed by atoms with Gasteiger partial charge in [-0.3, -0.25) is 10.1 Å². The molecule has 0 radical (unpaired) electrons. The molecule has 19 heavy (non-hydrogen) atoms. The zero-order chi connectivity index (χ0) is 13.8. The highest BCUT2D eigenvalue weighted by Crippen LogP contribution is 2.23. The average Bonchev–Trinajstić information content (AvgIpc) is 2.89. The van der Waals surface area contributed by atoms with Gasteiger partial charge in [-0.2, -0.15) is 0 Å². The van der Waals surface area contributed by atoms with Crippen molar-refractivity contribution in [1.29, 1.82) is 0 Å². The number of thiophene rings is 1. The van der Waals surface area contributed by atoms with Crippen LogP contribution in [-0.2, 0) is 6.54 Å². The van der Waals surface area contributed by atoms with Gasteiger partial charge >= 0.3 is 0 Å². The third-order valence-electron chi connectivity index (χ3n) is 3.09. The summed E-state index contributed by atoms with van der Waals surface area (Å²) < 4.78 is 0. The van der Waals surface area contributed by atoms with Crippen LogP contribution in [0.15, 0.2) is 35.7 Å². The summed E-state index contributed by atoms with van der Waals surface area (Å²) in [6.45, 7) is 4.55. The minimum atomic E-state index is -0.329. The lowest BCUT2D eigenvalue weighted by molar-refractivity contribution is -0.385. The van der Waals surface area contributed by atoms with Gasteiger partial charge in [-0.15, -0.1) is 11.3 Å². The van der Waals surface area contributed by atoms with Crippen molar-refractivity contribution in [3.63, 3.8) is 0 Å². The zero-order valence-electron chi connectivity index (χ0n) is 10.9. The topological polar surface area (TPSA) is 55.2 Å². The molecule has 2 aromatic rings. The Bertz CT molecular complexity index is 567. The predicted molar refractivity (Wildman–Crippen MR) is 77.4 cm³/mol. The molecule has 1 aromatic heterocycles. The highest BCUT2D eigenvalue weighted by molar-refractivity contribution is 7.09. The molecular weight excluding hydrogens is 260 g/mol. The van der Waals surface area contributed by atoms with E-state index in [1.54, 1.807) is 30.4 Å². The van der Waals surface area contributed by atoms with E-state index in [0.717, 1.165) is 12.1 Å². The molecule has 1 unspecified atom stereocenters. The van der Waals surface area contributed by atoms with Crippen LogP contribution in [0.1, 0.15) is 29.0 Å². The smallest absolute Gasteiger partial charge is 0.272 e. The van der Waals surface area contributed by atoms with Crippen molar-refractivity contribution < 1.29 is 4.92 Å². The number of hydrogen-bond acceptors (Lipinski definition) is 4. The van der Waals surface area contributed by atoms with Gasteiger partial charge in [0.1, 0.15) is 0 Å². The number of nitrogens with zero attached hydrogens (tertiary/aromatic N) is 1. The van der Waals surface area contributed by atoms with Crippen molar-refractivity contribution in [3.8, 4) is 0 Å². The van der Waals surface area contributed by atoms with Crippen LogP contribution in [0.2, 0.25) is 0 Å². The van der Waals surface area contributed by atoms with Crippen molar-refractivity contribution in [1.82, 2.24) is 5.32 Å². The third-order valence-corrected chi connectivity index (χ3v) is 3.97. The second-order valence-electron chi connectivity index (χ2n) is 4.48. The van der Waals surface area contributed by atoms with E-state index in [-0.39, 0.29) is 16.7 Å². The second kappa shape index (κ2) is 5.95. The van der Waals surface area contributed by atoms with Crippen molar-refractivity contribution >= 4 is 17.0 Å². The fraction of sp³-hybridized carbons (Fsp3) is 0.286. The quantitative estimate of drug-likeness (QED) is 0.667. The Hall–Kier alpha value is -1.72. The molecule has 0 saturated carbocycles.